The van der Waals surface area contributed by atoms with Crippen LogP contribution in [0.1, 0.15) is 16.2 Å². The highest BCUT2D eigenvalue weighted by Gasteiger charge is 2.17. The molecule has 2 aromatic carbocycles. The van der Waals surface area contributed by atoms with Gasteiger partial charge < -0.3 is 18.6 Å². The van der Waals surface area contributed by atoms with Crippen molar-refractivity contribution in [3.63, 3.8) is 0 Å². The molecule has 8 heteroatoms. The van der Waals surface area contributed by atoms with Crippen LogP contribution in [0.5, 0.6) is 11.5 Å². The van der Waals surface area contributed by atoms with Gasteiger partial charge in [-0.2, -0.15) is 0 Å². The number of aromatic nitrogens is 2. The molecule has 0 radical (unpaired) electrons. The lowest BCUT2D eigenvalue weighted by molar-refractivity contribution is 0.0437. The maximum absolute atomic E-state index is 12.2. The van der Waals surface area contributed by atoms with E-state index in [1.807, 2.05) is 0 Å². The standard InChI is InChI=1S/C18H13ClN2O5/c19-13-4-1-11(2-5-13)17-21-20-16(26-17)10-25-18(22)12-3-6-14-15(9-12)24-8-7-23-14/h1-6,9H,7-8,10H2. The van der Waals surface area contributed by atoms with Crippen molar-refractivity contribution in [1.82, 2.24) is 10.2 Å². The van der Waals surface area contributed by atoms with Crippen LogP contribution in [0.25, 0.3) is 11.5 Å². The molecule has 0 saturated heterocycles. The van der Waals surface area contributed by atoms with Gasteiger partial charge >= 0.3 is 5.97 Å². The number of hydrogen-bond acceptors (Lipinski definition) is 7. The Morgan fingerprint density at radius 2 is 1.81 bits per heavy atom. The van der Waals surface area contributed by atoms with Crippen LogP contribution in [0, 0.1) is 0 Å². The molecule has 0 bridgehead atoms. The van der Waals surface area contributed by atoms with Crippen molar-refractivity contribution in [2.75, 3.05) is 13.2 Å². The number of fused-ring (bicyclic) bond motifs is 1. The number of carbonyl (C=O) groups is 1. The van der Waals surface area contributed by atoms with E-state index in [2.05, 4.69) is 10.2 Å². The van der Waals surface area contributed by atoms with E-state index in [9.17, 15) is 4.79 Å². The Morgan fingerprint density at radius 1 is 1.04 bits per heavy atom. The smallest absolute Gasteiger partial charge is 0.338 e. The van der Waals surface area contributed by atoms with Crippen LogP contribution in [0.2, 0.25) is 5.02 Å². The molecule has 0 aliphatic carbocycles. The molecular weight excluding hydrogens is 360 g/mol. The van der Waals surface area contributed by atoms with Crippen molar-refractivity contribution in [1.29, 1.82) is 0 Å². The second kappa shape index (κ2) is 7.05. The molecule has 1 aliphatic heterocycles. The van der Waals surface area contributed by atoms with E-state index in [1.165, 1.54) is 0 Å². The molecule has 132 valence electrons. The average molecular weight is 373 g/mol. The summed E-state index contributed by atoms with van der Waals surface area (Å²) in [6.45, 7) is 0.804. The summed E-state index contributed by atoms with van der Waals surface area (Å²) in [5.41, 5.74) is 1.08. The number of halogens is 1. The normalized spacial score (nSPS) is 12.7. The zero-order chi connectivity index (χ0) is 17.9. The number of esters is 1. The van der Waals surface area contributed by atoms with Gasteiger partial charge in [0.15, 0.2) is 18.1 Å². The van der Waals surface area contributed by atoms with Gasteiger partial charge in [0, 0.05) is 10.6 Å². The number of benzene rings is 2. The van der Waals surface area contributed by atoms with Crippen molar-refractivity contribution >= 4 is 17.6 Å². The summed E-state index contributed by atoms with van der Waals surface area (Å²) in [5, 5.41) is 8.43. The molecule has 0 unspecified atom stereocenters. The largest absolute Gasteiger partial charge is 0.486 e. The highest BCUT2D eigenvalue weighted by atomic mass is 35.5. The minimum Gasteiger partial charge on any atom is -0.486 e. The zero-order valence-corrected chi connectivity index (χ0v) is 14.2. The van der Waals surface area contributed by atoms with Gasteiger partial charge in [0.2, 0.25) is 5.89 Å². The third-order valence-electron chi connectivity index (χ3n) is 3.66. The first-order valence-electron chi connectivity index (χ1n) is 7.84. The molecule has 0 amide bonds. The minimum atomic E-state index is -0.520. The van der Waals surface area contributed by atoms with E-state index in [0.717, 1.165) is 5.56 Å². The maximum Gasteiger partial charge on any atom is 0.338 e. The molecule has 1 aromatic heterocycles. The Bertz CT molecular complexity index is 939. The highest BCUT2D eigenvalue weighted by molar-refractivity contribution is 6.30. The van der Waals surface area contributed by atoms with E-state index in [1.54, 1.807) is 42.5 Å². The minimum absolute atomic E-state index is 0.131. The lowest BCUT2D eigenvalue weighted by atomic mass is 10.2. The third-order valence-corrected chi connectivity index (χ3v) is 3.91. The summed E-state index contributed by atoms with van der Waals surface area (Å²) in [7, 11) is 0. The Labute approximate surface area is 153 Å². The fourth-order valence-corrected chi connectivity index (χ4v) is 2.53. The Balaban J connectivity index is 1.41. The molecule has 0 saturated carbocycles. The number of ether oxygens (including phenoxy) is 3. The summed E-state index contributed by atoms with van der Waals surface area (Å²) in [4.78, 5) is 12.2. The van der Waals surface area contributed by atoms with Crippen LogP contribution in [-0.2, 0) is 11.3 Å². The summed E-state index contributed by atoms with van der Waals surface area (Å²) >= 11 is 5.85. The van der Waals surface area contributed by atoms with E-state index in [4.69, 9.17) is 30.2 Å². The van der Waals surface area contributed by atoms with Gasteiger partial charge in [-0.05, 0) is 42.5 Å². The van der Waals surface area contributed by atoms with Crippen LogP contribution >= 0.6 is 11.6 Å². The van der Waals surface area contributed by atoms with Crippen molar-refractivity contribution in [2.24, 2.45) is 0 Å². The van der Waals surface area contributed by atoms with E-state index < -0.39 is 5.97 Å². The molecule has 0 N–H and O–H groups in total. The Hall–Kier alpha value is -3.06. The van der Waals surface area contributed by atoms with Gasteiger partial charge in [-0.1, -0.05) is 11.6 Å². The molecular formula is C18H13ClN2O5. The molecule has 0 fully saturated rings. The summed E-state index contributed by atoms with van der Waals surface area (Å²) < 4.78 is 21.6. The van der Waals surface area contributed by atoms with E-state index >= 15 is 0 Å². The predicted octanol–water partition coefficient (Wildman–Crippen LogP) is 3.52. The van der Waals surface area contributed by atoms with Gasteiger partial charge in [0.05, 0.1) is 5.56 Å². The number of carbonyl (C=O) groups excluding carboxylic acids is 1. The SMILES string of the molecule is O=C(OCc1nnc(-c2ccc(Cl)cc2)o1)c1ccc2c(c1)OCCO2. The maximum atomic E-state index is 12.2. The third kappa shape index (κ3) is 3.48. The molecule has 7 nitrogen and oxygen atoms in total. The van der Waals surface area contributed by atoms with E-state index in [-0.39, 0.29) is 12.5 Å². The molecule has 2 heterocycles. The van der Waals surface area contributed by atoms with Crippen LogP contribution in [0.4, 0.5) is 0 Å². The Morgan fingerprint density at radius 3 is 2.62 bits per heavy atom. The molecule has 4 rings (SSSR count). The van der Waals surface area contributed by atoms with Crippen LogP contribution in [-0.4, -0.2) is 29.4 Å². The average Bonchev–Trinajstić information content (AvgIpc) is 3.15. The Kier molecular flexibility index (Phi) is 4.45. The van der Waals surface area contributed by atoms with Crippen LogP contribution < -0.4 is 9.47 Å². The second-order valence-corrected chi connectivity index (χ2v) is 5.88. The first-order chi connectivity index (χ1) is 12.7. The topological polar surface area (TPSA) is 83.7 Å². The van der Waals surface area contributed by atoms with Gasteiger partial charge in [0.1, 0.15) is 13.2 Å². The van der Waals surface area contributed by atoms with Crippen molar-refractivity contribution in [2.45, 2.75) is 6.61 Å². The van der Waals surface area contributed by atoms with Crippen molar-refractivity contribution in [3.05, 3.63) is 58.9 Å². The first-order valence-corrected chi connectivity index (χ1v) is 8.22. The molecule has 3 aromatic rings. The van der Waals surface area contributed by atoms with Gasteiger partial charge in [-0.15, -0.1) is 10.2 Å². The van der Waals surface area contributed by atoms with Crippen molar-refractivity contribution < 1.29 is 23.4 Å². The molecule has 0 atom stereocenters. The summed E-state index contributed by atoms with van der Waals surface area (Å²) in [6.07, 6.45) is 0. The first kappa shape index (κ1) is 16.4. The van der Waals surface area contributed by atoms with Crippen LogP contribution in [0.15, 0.2) is 46.9 Å². The number of hydrogen-bond donors (Lipinski definition) is 0. The molecule has 26 heavy (non-hydrogen) atoms. The molecule has 1 aliphatic rings. The summed E-state index contributed by atoms with van der Waals surface area (Å²) in [6, 6.07) is 11.9. The van der Waals surface area contributed by atoms with Crippen molar-refractivity contribution in [3.8, 4) is 23.0 Å². The van der Waals surface area contributed by atoms with Gasteiger partial charge in [0.25, 0.3) is 5.89 Å². The van der Waals surface area contributed by atoms with Crippen LogP contribution in [0.3, 0.4) is 0 Å². The number of rotatable bonds is 4. The van der Waals surface area contributed by atoms with E-state index in [0.29, 0.717) is 41.2 Å². The zero-order valence-electron chi connectivity index (χ0n) is 13.5. The highest BCUT2D eigenvalue weighted by Crippen LogP contribution is 2.31. The predicted molar refractivity (Wildman–Crippen MR) is 91.3 cm³/mol. The van der Waals surface area contributed by atoms with Gasteiger partial charge in [-0.3, -0.25) is 0 Å². The fraction of sp³-hybridized carbons (Fsp3) is 0.167. The second-order valence-electron chi connectivity index (χ2n) is 5.44. The monoisotopic (exact) mass is 372 g/mol. The quantitative estimate of drug-likeness (QED) is 0.648. The molecule has 0 spiro atoms. The lowest BCUT2D eigenvalue weighted by Crippen LogP contribution is -2.16. The summed E-state index contributed by atoms with van der Waals surface area (Å²) in [5.74, 6) is 1.13. The lowest BCUT2D eigenvalue weighted by Gasteiger charge is -2.18. The number of nitrogens with zero attached hydrogens (tertiary/aromatic N) is 2. The fourth-order valence-electron chi connectivity index (χ4n) is 2.40. The van der Waals surface area contributed by atoms with Gasteiger partial charge in [-0.25, -0.2) is 4.79 Å².